The van der Waals surface area contributed by atoms with Crippen LogP contribution in [-0.4, -0.2) is 36.0 Å². The molecule has 0 radical (unpaired) electrons. The highest BCUT2D eigenvalue weighted by molar-refractivity contribution is 7.89. The van der Waals surface area contributed by atoms with Gasteiger partial charge in [-0.25, -0.2) is 8.42 Å². The zero-order chi connectivity index (χ0) is 18.2. The molecule has 0 saturated carbocycles. The second-order valence-electron chi connectivity index (χ2n) is 6.84. The first kappa shape index (κ1) is 18.4. The van der Waals surface area contributed by atoms with Gasteiger partial charge in [-0.3, -0.25) is 5.10 Å². The maximum absolute atomic E-state index is 12.9. The number of sulfonamides is 1. The van der Waals surface area contributed by atoms with Crippen molar-refractivity contribution in [1.82, 2.24) is 14.5 Å². The van der Waals surface area contributed by atoms with Crippen molar-refractivity contribution >= 4 is 21.6 Å². The Bertz CT molecular complexity index is 818. The van der Waals surface area contributed by atoms with Crippen molar-refractivity contribution in [3.8, 4) is 0 Å². The lowest BCUT2D eigenvalue weighted by molar-refractivity contribution is 0.250. The Kier molecular flexibility index (Phi) is 5.23. The van der Waals surface area contributed by atoms with Gasteiger partial charge in [0.1, 0.15) is 4.90 Å². The van der Waals surface area contributed by atoms with Crippen molar-refractivity contribution in [2.24, 2.45) is 5.92 Å². The second kappa shape index (κ2) is 7.09. The van der Waals surface area contributed by atoms with Crippen molar-refractivity contribution in [2.75, 3.05) is 13.1 Å². The summed E-state index contributed by atoms with van der Waals surface area (Å²) < 4.78 is 27.5. The Hall–Kier alpha value is -1.37. The fourth-order valence-electron chi connectivity index (χ4n) is 3.70. The molecule has 1 aromatic carbocycles. The molecule has 1 unspecified atom stereocenters. The number of aromatic amines is 1. The van der Waals surface area contributed by atoms with Crippen LogP contribution in [0.4, 0.5) is 0 Å². The van der Waals surface area contributed by atoms with Crippen molar-refractivity contribution in [3.05, 3.63) is 46.2 Å². The lowest BCUT2D eigenvalue weighted by Gasteiger charge is -2.34. The van der Waals surface area contributed by atoms with Crippen LogP contribution < -0.4 is 0 Å². The molecule has 5 nitrogen and oxygen atoms in total. The maximum Gasteiger partial charge on any atom is 0.246 e. The summed E-state index contributed by atoms with van der Waals surface area (Å²) in [5.41, 5.74) is 2.40. The Morgan fingerprint density at radius 3 is 2.32 bits per heavy atom. The van der Waals surface area contributed by atoms with Crippen LogP contribution in [0.25, 0.3) is 0 Å². The van der Waals surface area contributed by atoms with Crippen LogP contribution in [0.5, 0.6) is 0 Å². The number of hydrogen-bond acceptors (Lipinski definition) is 3. The summed E-state index contributed by atoms with van der Waals surface area (Å²) in [5.74, 6) is 0.860. The van der Waals surface area contributed by atoms with Gasteiger partial charge in [0.25, 0.3) is 0 Å². The van der Waals surface area contributed by atoms with E-state index in [1.54, 1.807) is 18.2 Å². The van der Waals surface area contributed by atoms with Gasteiger partial charge in [0.2, 0.25) is 10.0 Å². The van der Waals surface area contributed by atoms with Crippen molar-refractivity contribution < 1.29 is 8.42 Å². The molecule has 1 aliphatic heterocycles. The molecule has 0 bridgehead atoms. The smallest absolute Gasteiger partial charge is 0.246 e. The third-order valence-electron chi connectivity index (χ3n) is 5.26. The van der Waals surface area contributed by atoms with Crippen LogP contribution in [0, 0.1) is 19.8 Å². The zero-order valence-corrected chi connectivity index (χ0v) is 16.4. The standard InChI is InChI=1S/C18H24ClN3O2S/c1-12(15-4-6-17(19)7-5-15)16-8-10-22(11-9-16)25(23,24)18-13(2)20-21-14(18)3/h4-7,12,16H,8-11H2,1-3H3,(H,20,21). The number of H-pyrrole nitrogens is 1. The van der Waals surface area contributed by atoms with Crippen LogP contribution in [0.15, 0.2) is 29.2 Å². The molecule has 1 fully saturated rings. The van der Waals surface area contributed by atoms with Crippen molar-refractivity contribution in [1.29, 1.82) is 0 Å². The molecule has 1 saturated heterocycles. The number of aryl methyl sites for hydroxylation is 2. The minimum atomic E-state index is -3.48. The molecule has 1 aromatic heterocycles. The molecule has 1 aliphatic rings. The van der Waals surface area contributed by atoms with E-state index in [1.165, 1.54) is 5.56 Å². The van der Waals surface area contributed by atoms with E-state index in [9.17, 15) is 8.42 Å². The van der Waals surface area contributed by atoms with Gasteiger partial charge in [-0.1, -0.05) is 30.7 Å². The highest BCUT2D eigenvalue weighted by atomic mass is 35.5. The SMILES string of the molecule is Cc1n[nH]c(C)c1S(=O)(=O)N1CCC(C(C)c2ccc(Cl)cc2)CC1. The van der Waals surface area contributed by atoms with Crippen LogP contribution in [0.1, 0.15) is 42.6 Å². The first-order chi connectivity index (χ1) is 11.8. The minimum Gasteiger partial charge on any atom is -0.281 e. The van der Waals surface area contributed by atoms with E-state index in [2.05, 4.69) is 29.3 Å². The Labute approximate surface area is 154 Å². The zero-order valence-electron chi connectivity index (χ0n) is 14.8. The van der Waals surface area contributed by atoms with E-state index in [-0.39, 0.29) is 0 Å². The third kappa shape index (κ3) is 3.61. The van der Waals surface area contributed by atoms with Gasteiger partial charge in [-0.2, -0.15) is 9.40 Å². The molecule has 7 heteroatoms. The molecular formula is C18H24ClN3O2S. The summed E-state index contributed by atoms with van der Waals surface area (Å²) in [6.45, 7) is 6.79. The van der Waals surface area contributed by atoms with E-state index >= 15 is 0 Å². The van der Waals surface area contributed by atoms with Gasteiger partial charge in [0.05, 0.1) is 11.4 Å². The summed E-state index contributed by atoms with van der Waals surface area (Å²) in [6, 6.07) is 7.96. The van der Waals surface area contributed by atoms with E-state index in [0.29, 0.717) is 41.2 Å². The lowest BCUT2D eigenvalue weighted by Crippen LogP contribution is -2.39. The topological polar surface area (TPSA) is 66.1 Å². The van der Waals surface area contributed by atoms with Crippen molar-refractivity contribution in [3.63, 3.8) is 0 Å². The highest BCUT2D eigenvalue weighted by Crippen LogP contribution is 2.35. The van der Waals surface area contributed by atoms with Crippen LogP contribution in [0.2, 0.25) is 5.02 Å². The van der Waals surface area contributed by atoms with Gasteiger partial charge in [0, 0.05) is 18.1 Å². The lowest BCUT2D eigenvalue weighted by atomic mass is 9.82. The molecule has 1 atom stereocenters. The summed E-state index contributed by atoms with van der Waals surface area (Å²) >= 11 is 5.96. The average Bonchev–Trinajstić information content (AvgIpc) is 2.94. The summed E-state index contributed by atoms with van der Waals surface area (Å²) in [4.78, 5) is 0.330. The number of nitrogens with one attached hydrogen (secondary N) is 1. The van der Waals surface area contributed by atoms with Gasteiger partial charge < -0.3 is 0 Å². The van der Waals surface area contributed by atoms with E-state index in [0.717, 1.165) is 17.9 Å². The number of piperidine rings is 1. The predicted octanol–water partition coefficient (Wildman–Crippen LogP) is 3.88. The first-order valence-corrected chi connectivity index (χ1v) is 10.4. The van der Waals surface area contributed by atoms with Crippen LogP contribution in [-0.2, 0) is 10.0 Å². The van der Waals surface area contributed by atoms with Crippen molar-refractivity contribution in [2.45, 2.75) is 44.4 Å². The minimum absolute atomic E-state index is 0.330. The number of nitrogens with zero attached hydrogens (tertiary/aromatic N) is 2. The summed E-state index contributed by atoms with van der Waals surface area (Å²) in [5, 5.41) is 7.53. The van der Waals surface area contributed by atoms with Gasteiger partial charge in [-0.15, -0.1) is 0 Å². The third-order valence-corrected chi connectivity index (χ3v) is 7.67. The Balaban J connectivity index is 1.70. The van der Waals surface area contributed by atoms with Gasteiger partial charge in [0.15, 0.2) is 0 Å². The number of benzene rings is 1. The molecule has 0 amide bonds. The average molecular weight is 382 g/mol. The number of rotatable bonds is 4. The summed E-state index contributed by atoms with van der Waals surface area (Å²) in [7, 11) is -3.48. The Morgan fingerprint density at radius 2 is 1.80 bits per heavy atom. The normalized spacial score (nSPS) is 18.4. The largest absolute Gasteiger partial charge is 0.281 e. The molecule has 3 rings (SSSR count). The molecule has 25 heavy (non-hydrogen) atoms. The maximum atomic E-state index is 12.9. The molecule has 1 N–H and O–H groups in total. The quantitative estimate of drug-likeness (QED) is 0.873. The monoisotopic (exact) mass is 381 g/mol. The second-order valence-corrected chi connectivity index (χ2v) is 9.16. The highest BCUT2D eigenvalue weighted by Gasteiger charge is 2.34. The van der Waals surface area contributed by atoms with E-state index in [4.69, 9.17) is 11.6 Å². The molecule has 136 valence electrons. The fraction of sp³-hybridized carbons (Fsp3) is 0.500. The number of aromatic nitrogens is 2. The van der Waals surface area contributed by atoms with Crippen LogP contribution >= 0.6 is 11.6 Å². The van der Waals surface area contributed by atoms with Gasteiger partial charge in [-0.05, 0) is 56.2 Å². The molecule has 0 aliphatic carbocycles. The summed E-state index contributed by atoms with van der Waals surface area (Å²) in [6.07, 6.45) is 1.72. The van der Waals surface area contributed by atoms with E-state index in [1.807, 2.05) is 12.1 Å². The fourth-order valence-corrected chi connectivity index (χ4v) is 5.63. The van der Waals surface area contributed by atoms with Gasteiger partial charge >= 0.3 is 0 Å². The van der Waals surface area contributed by atoms with E-state index < -0.39 is 10.0 Å². The Morgan fingerprint density at radius 1 is 1.20 bits per heavy atom. The molecular weight excluding hydrogens is 358 g/mol. The molecule has 2 aromatic rings. The van der Waals surface area contributed by atoms with Crippen LogP contribution in [0.3, 0.4) is 0 Å². The number of halogens is 1. The number of hydrogen-bond donors (Lipinski definition) is 1. The molecule has 2 heterocycles. The predicted molar refractivity (Wildman–Crippen MR) is 99.4 cm³/mol. The first-order valence-electron chi connectivity index (χ1n) is 8.58. The molecule has 0 spiro atoms.